The number of hydrogen-bond donors (Lipinski definition) is 2. The second-order valence-corrected chi connectivity index (χ2v) is 5.30. The Morgan fingerprint density at radius 1 is 1.29 bits per heavy atom. The number of aromatic nitrogens is 2. The fourth-order valence-corrected chi connectivity index (χ4v) is 2.23. The van der Waals surface area contributed by atoms with Crippen LogP contribution >= 0.6 is 0 Å². The Hall–Kier alpha value is -1.88. The molecule has 0 saturated carbocycles. The highest BCUT2D eigenvalue weighted by atomic mass is 16.3. The summed E-state index contributed by atoms with van der Waals surface area (Å²) in [6.07, 6.45) is 1.73. The van der Waals surface area contributed by atoms with Gasteiger partial charge in [-0.05, 0) is 45.4 Å². The minimum atomic E-state index is -0.250. The van der Waals surface area contributed by atoms with Gasteiger partial charge in [0, 0.05) is 17.4 Å². The standard InChI is InChI=1S/C13H18N2O.C2H6.CH2O2/c1-9-5-11-12(15(9)13(2,3)4)6-10(8-16)7-14-11;1-2;2-1-3/h5-7,16H,8H2,1-4H3;1-2H3;1H,(H,2,3). The summed E-state index contributed by atoms with van der Waals surface area (Å²) in [4.78, 5) is 12.7. The van der Waals surface area contributed by atoms with E-state index < -0.39 is 0 Å². The number of aryl methyl sites for hydroxylation is 1. The molecule has 0 atom stereocenters. The number of aliphatic hydroxyl groups excluding tert-OH is 1. The lowest BCUT2D eigenvalue weighted by Gasteiger charge is -2.24. The Labute approximate surface area is 126 Å². The SMILES string of the molecule is CC.Cc1cc2ncc(CO)cc2n1C(C)(C)C.O=CO. The van der Waals surface area contributed by atoms with Crippen LogP contribution in [0.15, 0.2) is 18.3 Å². The first-order valence-corrected chi connectivity index (χ1v) is 7.01. The molecule has 0 aliphatic carbocycles. The summed E-state index contributed by atoms with van der Waals surface area (Å²) in [5, 5.41) is 16.0. The normalized spacial score (nSPS) is 10.2. The third-order valence-electron chi connectivity index (χ3n) is 2.75. The fraction of sp³-hybridized carbons (Fsp3) is 0.500. The van der Waals surface area contributed by atoms with Crippen LogP contribution in [0.25, 0.3) is 11.0 Å². The molecule has 0 aliphatic heterocycles. The molecule has 2 aromatic rings. The summed E-state index contributed by atoms with van der Waals surface area (Å²) >= 11 is 0. The van der Waals surface area contributed by atoms with Gasteiger partial charge in [0.2, 0.25) is 0 Å². The molecule has 0 fully saturated rings. The van der Waals surface area contributed by atoms with E-state index in [0.717, 1.165) is 16.6 Å². The zero-order valence-electron chi connectivity index (χ0n) is 13.7. The van der Waals surface area contributed by atoms with Crippen molar-refractivity contribution >= 4 is 17.5 Å². The summed E-state index contributed by atoms with van der Waals surface area (Å²) in [5.74, 6) is 0. The Bertz CT molecular complexity index is 569. The lowest BCUT2D eigenvalue weighted by atomic mass is 10.1. The topological polar surface area (TPSA) is 75.4 Å². The number of aliphatic hydroxyl groups is 1. The van der Waals surface area contributed by atoms with Gasteiger partial charge >= 0.3 is 0 Å². The van der Waals surface area contributed by atoms with Crippen LogP contribution in [0.5, 0.6) is 0 Å². The van der Waals surface area contributed by atoms with Crippen molar-refractivity contribution in [3.05, 3.63) is 29.6 Å². The molecule has 0 unspecified atom stereocenters. The summed E-state index contributed by atoms with van der Waals surface area (Å²) in [5.41, 5.74) is 4.17. The molecule has 5 nitrogen and oxygen atoms in total. The van der Waals surface area contributed by atoms with Crippen molar-refractivity contribution < 1.29 is 15.0 Å². The Morgan fingerprint density at radius 3 is 2.24 bits per heavy atom. The average molecular weight is 294 g/mol. The van der Waals surface area contributed by atoms with E-state index in [1.54, 1.807) is 6.20 Å². The van der Waals surface area contributed by atoms with E-state index in [9.17, 15) is 0 Å². The van der Waals surface area contributed by atoms with Gasteiger partial charge in [0.1, 0.15) is 0 Å². The van der Waals surface area contributed by atoms with Crippen LogP contribution in [-0.4, -0.2) is 26.2 Å². The van der Waals surface area contributed by atoms with Gasteiger partial charge in [-0.3, -0.25) is 9.78 Å². The molecule has 2 N–H and O–H groups in total. The maximum Gasteiger partial charge on any atom is 0.290 e. The predicted octanol–water partition coefficient (Wildman–Crippen LogP) is 3.32. The molecule has 2 rings (SSSR count). The van der Waals surface area contributed by atoms with Gasteiger partial charge < -0.3 is 14.8 Å². The van der Waals surface area contributed by atoms with Gasteiger partial charge in [-0.15, -0.1) is 0 Å². The van der Waals surface area contributed by atoms with E-state index in [0.29, 0.717) is 0 Å². The van der Waals surface area contributed by atoms with Crippen LogP contribution in [0.3, 0.4) is 0 Å². The van der Waals surface area contributed by atoms with Crippen LogP contribution in [0.2, 0.25) is 0 Å². The van der Waals surface area contributed by atoms with Crippen molar-refractivity contribution in [3.63, 3.8) is 0 Å². The number of hydrogen-bond acceptors (Lipinski definition) is 3. The third-order valence-corrected chi connectivity index (χ3v) is 2.75. The monoisotopic (exact) mass is 294 g/mol. The Kier molecular flexibility index (Phi) is 7.66. The van der Waals surface area contributed by atoms with Crippen LogP contribution in [0.1, 0.15) is 45.9 Å². The van der Waals surface area contributed by atoms with Crippen molar-refractivity contribution in [1.29, 1.82) is 0 Å². The number of carbonyl (C=O) groups is 1. The number of rotatable bonds is 1. The molecule has 2 aromatic heterocycles. The van der Waals surface area contributed by atoms with Crippen LogP contribution < -0.4 is 0 Å². The average Bonchev–Trinajstić information content (AvgIpc) is 2.76. The van der Waals surface area contributed by atoms with Gasteiger partial charge in [-0.25, -0.2) is 0 Å². The van der Waals surface area contributed by atoms with E-state index in [1.165, 1.54) is 5.69 Å². The highest BCUT2D eigenvalue weighted by molar-refractivity contribution is 5.78. The van der Waals surface area contributed by atoms with E-state index in [1.807, 2.05) is 19.9 Å². The number of fused-ring (bicyclic) bond motifs is 1. The van der Waals surface area contributed by atoms with Crippen molar-refractivity contribution in [1.82, 2.24) is 9.55 Å². The molecule has 0 aliphatic rings. The van der Waals surface area contributed by atoms with Gasteiger partial charge in [-0.1, -0.05) is 13.8 Å². The Balaban J connectivity index is 0.000000713. The molecule has 21 heavy (non-hydrogen) atoms. The molecule has 0 spiro atoms. The summed E-state index contributed by atoms with van der Waals surface area (Å²) in [7, 11) is 0. The maximum atomic E-state index is 9.15. The zero-order valence-corrected chi connectivity index (χ0v) is 13.7. The van der Waals surface area contributed by atoms with E-state index in [-0.39, 0.29) is 18.6 Å². The van der Waals surface area contributed by atoms with Crippen molar-refractivity contribution in [2.45, 2.75) is 53.7 Å². The molecule has 0 aromatic carbocycles. The van der Waals surface area contributed by atoms with Gasteiger partial charge in [-0.2, -0.15) is 0 Å². The highest BCUT2D eigenvalue weighted by Gasteiger charge is 2.18. The number of nitrogens with zero attached hydrogens (tertiary/aromatic N) is 2. The van der Waals surface area contributed by atoms with Crippen LogP contribution in [0, 0.1) is 6.92 Å². The molecule has 118 valence electrons. The van der Waals surface area contributed by atoms with Crippen LogP contribution in [0.4, 0.5) is 0 Å². The second-order valence-electron chi connectivity index (χ2n) is 5.30. The molecule has 0 amide bonds. The Morgan fingerprint density at radius 2 is 1.81 bits per heavy atom. The first kappa shape index (κ1) is 19.1. The summed E-state index contributed by atoms with van der Waals surface area (Å²) < 4.78 is 2.26. The van der Waals surface area contributed by atoms with E-state index in [2.05, 4.69) is 43.3 Å². The quantitative estimate of drug-likeness (QED) is 0.791. The van der Waals surface area contributed by atoms with Crippen molar-refractivity contribution in [3.8, 4) is 0 Å². The smallest absolute Gasteiger partial charge is 0.290 e. The lowest BCUT2D eigenvalue weighted by Crippen LogP contribution is -2.22. The minimum absolute atomic E-state index is 0.0294. The molecular formula is C16H26N2O3. The second kappa shape index (κ2) is 8.42. The summed E-state index contributed by atoms with van der Waals surface area (Å²) in [6.45, 7) is 12.4. The van der Waals surface area contributed by atoms with Crippen LogP contribution in [-0.2, 0) is 16.9 Å². The zero-order chi connectivity index (χ0) is 16.6. The van der Waals surface area contributed by atoms with Gasteiger partial charge in [0.25, 0.3) is 6.47 Å². The molecule has 2 heterocycles. The highest BCUT2D eigenvalue weighted by Crippen LogP contribution is 2.26. The van der Waals surface area contributed by atoms with Crippen molar-refractivity contribution in [2.24, 2.45) is 0 Å². The van der Waals surface area contributed by atoms with Gasteiger partial charge in [0.05, 0.1) is 17.6 Å². The third kappa shape index (κ3) is 4.86. The molecular weight excluding hydrogens is 268 g/mol. The maximum absolute atomic E-state index is 9.15. The number of pyridine rings is 1. The first-order chi connectivity index (χ1) is 9.85. The molecule has 0 saturated heterocycles. The minimum Gasteiger partial charge on any atom is -0.483 e. The molecule has 0 bridgehead atoms. The molecule has 5 heteroatoms. The lowest BCUT2D eigenvalue weighted by molar-refractivity contribution is -0.122. The number of carboxylic acid groups (broad SMARTS) is 1. The van der Waals surface area contributed by atoms with E-state index >= 15 is 0 Å². The van der Waals surface area contributed by atoms with Gasteiger partial charge in [0.15, 0.2) is 0 Å². The largest absolute Gasteiger partial charge is 0.483 e. The molecule has 0 radical (unpaired) electrons. The summed E-state index contributed by atoms with van der Waals surface area (Å²) in [6, 6.07) is 4.10. The van der Waals surface area contributed by atoms with Crippen molar-refractivity contribution in [2.75, 3.05) is 0 Å². The predicted molar refractivity (Wildman–Crippen MR) is 85.4 cm³/mol. The fourth-order valence-electron chi connectivity index (χ4n) is 2.23. The first-order valence-electron chi connectivity index (χ1n) is 7.01. The van der Waals surface area contributed by atoms with E-state index in [4.69, 9.17) is 15.0 Å².